The molecule has 0 saturated heterocycles. The summed E-state index contributed by atoms with van der Waals surface area (Å²) in [5.74, 6) is 0.670. The van der Waals surface area contributed by atoms with Crippen LogP contribution in [0.2, 0.25) is 0 Å². The minimum Gasteiger partial charge on any atom is -0.0761 e. The minimum atomic E-state index is 0.317. The lowest BCUT2D eigenvalue weighted by Crippen LogP contribution is -2.17. The fourth-order valence-corrected chi connectivity index (χ4v) is 8.47. The van der Waals surface area contributed by atoms with Crippen molar-refractivity contribution in [2.75, 3.05) is 0 Å². The van der Waals surface area contributed by atoms with Crippen LogP contribution in [-0.2, 0) is 0 Å². The predicted molar refractivity (Wildman–Crippen MR) is 197 cm³/mol. The summed E-state index contributed by atoms with van der Waals surface area (Å²) in [6, 6.07) is 54.3. The maximum absolute atomic E-state index is 2.52. The predicted octanol–water partition coefficient (Wildman–Crippen LogP) is 12.6. The van der Waals surface area contributed by atoms with Gasteiger partial charge in [-0.15, -0.1) is 0 Å². The summed E-state index contributed by atoms with van der Waals surface area (Å²) in [4.78, 5) is 0. The van der Waals surface area contributed by atoms with Gasteiger partial charge in [0, 0.05) is 11.8 Å². The van der Waals surface area contributed by atoms with Crippen LogP contribution in [0.25, 0.3) is 76.5 Å². The summed E-state index contributed by atoms with van der Waals surface area (Å²) in [6.45, 7) is 0. The lowest BCUT2D eigenvalue weighted by Gasteiger charge is -2.35. The first-order chi connectivity index (χ1) is 22.8. The molecule has 0 fully saturated rings. The third kappa shape index (κ3) is 3.62. The van der Waals surface area contributed by atoms with Gasteiger partial charge in [0.2, 0.25) is 0 Å². The Labute approximate surface area is 268 Å². The van der Waals surface area contributed by atoms with E-state index in [9.17, 15) is 0 Å². The summed E-state index contributed by atoms with van der Waals surface area (Å²) in [6.07, 6.45) is 9.25. The van der Waals surface area contributed by atoms with E-state index < -0.39 is 0 Å². The molecule has 2 aliphatic carbocycles. The van der Waals surface area contributed by atoms with Crippen molar-refractivity contribution in [1.29, 1.82) is 0 Å². The summed E-state index contributed by atoms with van der Waals surface area (Å²) in [5, 5.41) is 10.4. The lowest BCUT2D eigenvalue weighted by molar-refractivity contribution is 0.725. The first-order valence-corrected chi connectivity index (χ1v) is 16.3. The molecule has 0 saturated carbocycles. The molecule has 0 amide bonds. The Morgan fingerprint density at radius 1 is 0.348 bits per heavy atom. The Bertz CT molecular complexity index is 2540. The van der Waals surface area contributed by atoms with Gasteiger partial charge in [-0.25, -0.2) is 0 Å². The molecule has 0 spiro atoms. The number of allylic oxidation sites excluding steroid dienone is 4. The molecule has 2 atom stereocenters. The molecule has 0 N–H and O–H groups in total. The molecule has 0 radical (unpaired) electrons. The molecule has 10 rings (SSSR count). The molecule has 46 heavy (non-hydrogen) atoms. The maximum atomic E-state index is 2.52. The maximum Gasteiger partial charge on any atom is 0.0137 e. The Kier molecular flexibility index (Phi) is 5.50. The van der Waals surface area contributed by atoms with Crippen LogP contribution in [0.1, 0.15) is 23.0 Å². The van der Waals surface area contributed by atoms with E-state index in [1.165, 1.54) is 87.6 Å². The van der Waals surface area contributed by atoms with E-state index >= 15 is 0 Å². The molecule has 0 heteroatoms. The average molecular weight is 583 g/mol. The number of fused-ring (bicyclic) bond motifs is 11. The van der Waals surface area contributed by atoms with Gasteiger partial charge in [0.1, 0.15) is 0 Å². The first-order valence-electron chi connectivity index (χ1n) is 16.3. The smallest absolute Gasteiger partial charge is 0.0137 e. The largest absolute Gasteiger partial charge is 0.0761 e. The molecule has 0 nitrogen and oxygen atoms in total. The molecule has 214 valence electrons. The highest BCUT2D eigenvalue weighted by molar-refractivity contribution is 6.24. The van der Waals surface area contributed by atoms with Crippen molar-refractivity contribution in [3.63, 3.8) is 0 Å². The zero-order chi connectivity index (χ0) is 30.2. The van der Waals surface area contributed by atoms with Crippen molar-refractivity contribution in [2.24, 2.45) is 0 Å². The number of rotatable bonds is 2. The van der Waals surface area contributed by atoms with Crippen molar-refractivity contribution < 1.29 is 0 Å². The van der Waals surface area contributed by atoms with Crippen molar-refractivity contribution in [3.05, 3.63) is 181 Å². The summed E-state index contributed by atoms with van der Waals surface area (Å²) < 4.78 is 0. The van der Waals surface area contributed by atoms with Crippen LogP contribution in [-0.4, -0.2) is 0 Å². The van der Waals surface area contributed by atoms with Crippen LogP contribution in [0, 0.1) is 0 Å². The highest BCUT2D eigenvalue weighted by Gasteiger charge is 2.34. The fourth-order valence-electron chi connectivity index (χ4n) is 8.47. The molecular formula is C46H30. The van der Waals surface area contributed by atoms with E-state index in [-0.39, 0.29) is 0 Å². The van der Waals surface area contributed by atoms with Crippen molar-refractivity contribution in [3.8, 4) is 33.4 Å². The van der Waals surface area contributed by atoms with Gasteiger partial charge in [0.05, 0.1) is 0 Å². The van der Waals surface area contributed by atoms with Crippen molar-refractivity contribution in [1.82, 2.24) is 0 Å². The average Bonchev–Trinajstić information content (AvgIpc) is 3.13. The standard InChI is InChI=1S/C46H30/c1-2-14-30-27-31(26-25-29(30)13-1)44-38-21-9-11-23-40(38)46(41-24-12-10-22-39(41)44)43-28-42-34-17-4-3-15-32(34)33-16-5-7-19-36(33)45(42)37-20-8-6-18-35(37)43/h1-28,33,36H. The van der Waals surface area contributed by atoms with E-state index in [1.807, 2.05) is 0 Å². The highest BCUT2D eigenvalue weighted by atomic mass is 14.4. The van der Waals surface area contributed by atoms with E-state index in [0.29, 0.717) is 11.8 Å². The normalized spacial score (nSPS) is 16.5. The zero-order valence-electron chi connectivity index (χ0n) is 25.3. The summed E-state index contributed by atoms with van der Waals surface area (Å²) in [7, 11) is 0. The van der Waals surface area contributed by atoms with Gasteiger partial charge >= 0.3 is 0 Å². The van der Waals surface area contributed by atoms with Crippen molar-refractivity contribution in [2.45, 2.75) is 11.8 Å². The molecule has 0 bridgehead atoms. The van der Waals surface area contributed by atoms with E-state index in [2.05, 4.69) is 170 Å². The topological polar surface area (TPSA) is 0 Å². The quantitative estimate of drug-likeness (QED) is 0.178. The molecule has 0 aromatic heterocycles. The third-order valence-corrected chi connectivity index (χ3v) is 10.4. The number of benzene rings is 8. The van der Waals surface area contributed by atoms with Gasteiger partial charge in [0.25, 0.3) is 0 Å². The molecule has 2 aliphatic rings. The first kappa shape index (κ1) is 25.6. The Morgan fingerprint density at radius 3 is 1.65 bits per heavy atom. The summed E-state index contributed by atoms with van der Waals surface area (Å²) in [5.41, 5.74) is 10.8. The monoisotopic (exact) mass is 582 g/mol. The van der Waals surface area contributed by atoms with Crippen LogP contribution < -0.4 is 0 Å². The zero-order valence-corrected chi connectivity index (χ0v) is 25.3. The van der Waals surface area contributed by atoms with Gasteiger partial charge in [-0.05, 0) is 99.7 Å². The molecule has 0 heterocycles. The fraction of sp³-hybridized carbons (Fsp3) is 0.0435. The van der Waals surface area contributed by atoms with Crippen molar-refractivity contribution >= 4 is 43.1 Å². The Morgan fingerprint density at radius 2 is 0.913 bits per heavy atom. The van der Waals surface area contributed by atoms with E-state index in [0.717, 1.165) is 0 Å². The lowest BCUT2D eigenvalue weighted by atomic mass is 9.68. The molecule has 8 aromatic rings. The van der Waals surface area contributed by atoms with Crippen LogP contribution in [0.3, 0.4) is 0 Å². The van der Waals surface area contributed by atoms with E-state index in [1.54, 1.807) is 0 Å². The van der Waals surface area contributed by atoms with Crippen LogP contribution in [0.4, 0.5) is 0 Å². The minimum absolute atomic E-state index is 0.317. The SMILES string of the molecule is C1=CC2c3ccccc3-c3cc(-c4c5ccccc5c(-c5ccc6ccccc6c5)c5ccccc45)c4ccccc4c3C2C=C1. The second-order valence-electron chi connectivity index (χ2n) is 12.7. The summed E-state index contributed by atoms with van der Waals surface area (Å²) >= 11 is 0. The number of hydrogen-bond acceptors (Lipinski definition) is 0. The van der Waals surface area contributed by atoms with Gasteiger partial charge in [-0.3, -0.25) is 0 Å². The second-order valence-corrected chi connectivity index (χ2v) is 12.7. The van der Waals surface area contributed by atoms with Gasteiger partial charge in [-0.1, -0.05) is 158 Å². The molecule has 8 aromatic carbocycles. The molecule has 2 unspecified atom stereocenters. The van der Waals surface area contributed by atoms with Gasteiger partial charge in [0.15, 0.2) is 0 Å². The van der Waals surface area contributed by atoms with Gasteiger partial charge < -0.3 is 0 Å². The second kappa shape index (κ2) is 9.89. The van der Waals surface area contributed by atoms with Gasteiger partial charge in [-0.2, -0.15) is 0 Å². The van der Waals surface area contributed by atoms with E-state index in [4.69, 9.17) is 0 Å². The third-order valence-electron chi connectivity index (χ3n) is 10.4. The Hall–Kier alpha value is -5.72. The van der Waals surface area contributed by atoms with Crippen LogP contribution >= 0.6 is 0 Å². The highest BCUT2D eigenvalue weighted by Crippen LogP contribution is 2.54. The number of hydrogen-bond donors (Lipinski definition) is 0. The molecule has 0 aliphatic heterocycles. The van der Waals surface area contributed by atoms with Crippen LogP contribution in [0.5, 0.6) is 0 Å². The Balaban J connectivity index is 1.34. The van der Waals surface area contributed by atoms with Crippen LogP contribution in [0.15, 0.2) is 170 Å². The molecular weight excluding hydrogens is 553 g/mol.